The maximum absolute atomic E-state index is 15.3. The van der Waals surface area contributed by atoms with Crippen LogP contribution < -0.4 is 0 Å². The Labute approximate surface area is 567 Å². The number of rotatable bonds is 8. The summed E-state index contributed by atoms with van der Waals surface area (Å²) in [6, 6.07) is 0. The van der Waals surface area contributed by atoms with Crippen molar-refractivity contribution < 1.29 is 42.9 Å². The fourth-order valence-corrected chi connectivity index (χ4v) is 24.4. The minimum atomic E-state index is -0.807. The molecule has 3 heterocycles. The molecule has 12 aliphatic rings. The first-order valence-corrected chi connectivity index (χ1v) is 35.7. The molecule has 12 aliphatic carbocycles. The van der Waals surface area contributed by atoms with Gasteiger partial charge in [-0.05, 0) is 280 Å². The molecule has 91 heavy (non-hydrogen) atoms. The maximum Gasteiger partial charge on any atom is 0.159 e. The molecule has 3 aromatic heterocycles. The number of alkyl halides is 4. The second-order valence-electron chi connectivity index (χ2n) is 32.6. The summed E-state index contributed by atoms with van der Waals surface area (Å²) in [6.45, 7) is 13.1. The van der Waals surface area contributed by atoms with Gasteiger partial charge in [0.25, 0.3) is 0 Å². The fourth-order valence-electron chi connectivity index (χ4n) is 24.0. The summed E-state index contributed by atoms with van der Waals surface area (Å²) in [4.78, 5) is 40.1. The zero-order chi connectivity index (χ0) is 62.3. The van der Waals surface area contributed by atoms with E-state index in [1.54, 1.807) is 41.9 Å². The highest BCUT2D eigenvalue weighted by Gasteiger charge is 2.64. The van der Waals surface area contributed by atoms with Crippen molar-refractivity contribution in [2.75, 3.05) is 5.33 Å². The molecule has 27 atom stereocenters. The predicted octanol–water partition coefficient (Wildman–Crippen LogP) is 12.2. The predicted molar refractivity (Wildman–Crippen MR) is 356 cm³/mol. The van der Waals surface area contributed by atoms with Crippen LogP contribution in [0, 0.1) is 123 Å². The summed E-state index contributed by atoms with van der Waals surface area (Å²) in [7, 11) is 0. The number of halogens is 4. The zero-order valence-electron chi connectivity index (χ0n) is 54.7. The topological polar surface area (TPSA) is 215 Å². The molecule has 512 valence electrons. The summed E-state index contributed by atoms with van der Waals surface area (Å²) in [6.07, 6.45) is 29.1. The zero-order valence-corrected chi connectivity index (χ0v) is 59.0. The van der Waals surface area contributed by atoms with Gasteiger partial charge in [-0.15, -0.1) is 5.10 Å². The van der Waals surface area contributed by atoms with E-state index in [9.17, 15) is 29.7 Å². The van der Waals surface area contributed by atoms with Crippen LogP contribution in [0.4, 0.5) is 13.2 Å². The monoisotopic (exact) mass is 1390 g/mol. The number of Topliss-reactive ketones (excluding diaryl/α,β-unsaturated/α-hetero) is 3. The van der Waals surface area contributed by atoms with Crippen molar-refractivity contribution in [2.45, 2.75) is 244 Å². The van der Waals surface area contributed by atoms with Crippen LogP contribution in [0.5, 0.6) is 0 Å². The van der Waals surface area contributed by atoms with E-state index in [4.69, 9.17) is 0 Å². The molecular formula is C69H106BrF3N9O6S3-3. The van der Waals surface area contributed by atoms with E-state index in [0.717, 1.165) is 116 Å². The summed E-state index contributed by atoms with van der Waals surface area (Å²) < 4.78 is 47.4. The van der Waals surface area contributed by atoms with Crippen molar-refractivity contribution in [3.8, 4) is 0 Å². The van der Waals surface area contributed by atoms with Crippen LogP contribution >= 0.6 is 29.4 Å². The third-order valence-electron chi connectivity index (χ3n) is 27.9. The second kappa shape index (κ2) is 28.6. The molecule has 12 saturated carbocycles. The molecule has 3 aromatic rings. The Bertz CT molecular complexity index is 2740. The smallest absolute Gasteiger partial charge is 0.159 e. The van der Waals surface area contributed by atoms with Crippen molar-refractivity contribution in [3.05, 3.63) is 37.2 Å². The second-order valence-corrected chi connectivity index (χ2v) is 33.2. The van der Waals surface area contributed by atoms with Crippen molar-refractivity contribution in [1.82, 2.24) is 45.4 Å². The molecule has 0 amide bonds. The lowest BCUT2D eigenvalue weighted by Crippen LogP contribution is -2.54. The van der Waals surface area contributed by atoms with Gasteiger partial charge in [0, 0.05) is 24.0 Å². The molecular weight excluding hydrogens is 1280 g/mol. The van der Waals surface area contributed by atoms with E-state index >= 15 is 13.2 Å². The number of hydrogen-bond donors (Lipinski definition) is 4. The van der Waals surface area contributed by atoms with Crippen LogP contribution in [0.3, 0.4) is 0 Å². The summed E-state index contributed by atoms with van der Waals surface area (Å²) in [5.74, 6) is 6.91. The van der Waals surface area contributed by atoms with Crippen LogP contribution in [-0.2, 0) is 54.5 Å². The average Bonchev–Trinajstić information content (AvgIpc) is 1.71. The average molecular weight is 1390 g/mol. The van der Waals surface area contributed by atoms with Crippen LogP contribution in [0.25, 0.3) is 0 Å². The molecule has 15 nitrogen and oxygen atoms in total. The molecule has 0 aromatic carbocycles. The molecule has 4 N–H and O–H groups in total. The maximum atomic E-state index is 15.3. The SMILES string of the molecule is C[C@@]1(O)CC[C@@H]2[C@H]3CC[C@]4(C)[C@@H](C(=O)CBr)CC[C@H]4[C@@H]3C[C@@H](F)[C@@H]2C1.C[C@@]1(O)CC[C@@H]2[C@H]3CC[C@]4(C)[C@@H](C(=O)Cn5ccnn5)CC[C@H]4[C@@H]3C[C@@H](F)[C@@H]2C1.C[C@@]1(O)CC[C@@H]2[C@H]3CC[C@]4(C)[C@@H](C(=O)Cn5nccn5)CC[C@H]4[C@@H]3C[C@@H](F)[C@@H]2C1.S.[S-2].[SH-].c1cn[nH]n1. The number of carbonyl (C=O) groups is 3. The van der Waals surface area contributed by atoms with Gasteiger partial charge >= 0.3 is 0 Å². The van der Waals surface area contributed by atoms with Crippen molar-refractivity contribution in [3.63, 3.8) is 0 Å². The van der Waals surface area contributed by atoms with Crippen molar-refractivity contribution in [1.29, 1.82) is 0 Å². The van der Waals surface area contributed by atoms with Gasteiger partial charge in [-0.2, -0.15) is 43.9 Å². The Balaban J connectivity index is 0.000000153. The van der Waals surface area contributed by atoms with E-state index in [-0.39, 0.29) is 110 Å². The number of aromatic amines is 1. The van der Waals surface area contributed by atoms with Gasteiger partial charge in [-0.3, -0.25) is 14.4 Å². The van der Waals surface area contributed by atoms with Crippen molar-refractivity contribution in [2.24, 2.45) is 123 Å². The molecule has 0 aliphatic heterocycles. The number of nitrogens with one attached hydrogen (secondary N) is 1. The van der Waals surface area contributed by atoms with E-state index in [1.807, 2.05) is 20.8 Å². The van der Waals surface area contributed by atoms with Gasteiger partial charge in [0.1, 0.15) is 37.4 Å². The Morgan fingerprint density at radius 2 is 0.824 bits per heavy atom. The minimum Gasteiger partial charge on any atom is -2.00 e. The van der Waals surface area contributed by atoms with Crippen LogP contribution in [0.15, 0.2) is 37.2 Å². The molecule has 0 radical (unpaired) electrons. The molecule has 22 heteroatoms. The number of ketones is 3. The van der Waals surface area contributed by atoms with Gasteiger partial charge in [0.15, 0.2) is 11.6 Å². The Morgan fingerprint density at radius 1 is 0.484 bits per heavy atom. The molecule has 0 bridgehead atoms. The first-order chi connectivity index (χ1) is 41.8. The van der Waals surface area contributed by atoms with Crippen LogP contribution in [0.1, 0.15) is 196 Å². The number of carbonyl (C=O) groups excluding carboxylic acids is 3. The molecule has 0 spiro atoms. The fraction of sp³-hybridized carbons (Fsp3) is 0.870. The Kier molecular flexibility index (Phi) is 22.9. The van der Waals surface area contributed by atoms with Gasteiger partial charge in [-0.1, -0.05) is 41.9 Å². The summed E-state index contributed by atoms with van der Waals surface area (Å²) >= 11 is 3.37. The molecule has 0 unspecified atom stereocenters. The quantitative estimate of drug-likeness (QED) is 0.0939. The third kappa shape index (κ3) is 14.2. The van der Waals surface area contributed by atoms with Crippen LogP contribution in [0.2, 0.25) is 0 Å². The number of hydrogen-bond acceptors (Lipinski definition) is 13. The van der Waals surface area contributed by atoms with Gasteiger partial charge in [-0.25, -0.2) is 17.9 Å². The highest BCUT2D eigenvalue weighted by Crippen LogP contribution is 2.69. The molecule has 15 rings (SSSR count). The third-order valence-corrected chi connectivity index (χ3v) is 28.5. The lowest BCUT2D eigenvalue weighted by molar-refractivity contribution is -0.139. The Hall–Kier alpha value is -2.37. The van der Waals surface area contributed by atoms with Gasteiger partial charge in [0.2, 0.25) is 0 Å². The number of fused-ring (bicyclic) bond motifs is 15. The first kappa shape index (κ1) is 72.9. The lowest BCUT2D eigenvalue weighted by Gasteiger charge is -2.57. The van der Waals surface area contributed by atoms with E-state index in [0.29, 0.717) is 127 Å². The number of aliphatic hydroxyl groups is 3. The number of nitrogens with zero attached hydrogens (tertiary/aromatic N) is 8. The summed E-state index contributed by atoms with van der Waals surface area (Å²) in [5, 5.41) is 57.2. The standard InChI is InChI=1S/2C23H34FN3O2.C21H32BrFO2.C2H3N3.2H2S.S/c1-22(29)7-5-15-14-6-8-23(2)18(16(14)11-20(24)17(15)12-22)3-4-19(23)21(28)13-27-10-9-25-26-27;1-22(29)7-5-15-14-6-8-23(2)18(16(14)11-20(24)17(15)12-22)3-4-19(23)21(28)13-27-25-9-10-26-27;1-20(25)7-5-13-12-6-8-21(2)16(3-4-17(21)19(24)11-22)14(12)9-18(23)15(13)10-20;1-2-4-5-3-1;;;/h2*9-10,14-20,29H,3-8,11-13H2,1-2H3;12-18,25H,3-11H2,1-2H3;1-2H,(H,3,4,5);2*1H2;/q;;;;;;-2/p-1/t2*14-,15-,16-,17-,18+,19-,20-,22-,23+;12-,13-,14-,15-,16+,17-,18-,20-,21+;;;;/m111..../s1. The van der Waals surface area contributed by atoms with Gasteiger partial charge in [0.05, 0.1) is 53.1 Å². The Morgan fingerprint density at radius 3 is 1.15 bits per heavy atom. The molecule has 0 saturated heterocycles. The number of thiol groups is 1. The lowest BCUT2D eigenvalue weighted by atomic mass is 9.48. The number of H-pyrrole nitrogens is 1. The highest BCUT2D eigenvalue weighted by molar-refractivity contribution is 9.09. The van der Waals surface area contributed by atoms with Crippen molar-refractivity contribution >= 4 is 73.8 Å². The molecule has 12 fully saturated rings. The highest BCUT2D eigenvalue weighted by atomic mass is 79.9. The summed E-state index contributed by atoms with van der Waals surface area (Å²) in [5.41, 5.74) is -2.02. The van der Waals surface area contributed by atoms with E-state index < -0.39 is 35.3 Å². The number of aromatic nitrogens is 9. The normalized spacial score (nSPS) is 46.9. The first-order valence-electron chi connectivity index (χ1n) is 34.5. The van der Waals surface area contributed by atoms with Gasteiger partial charge < -0.3 is 42.3 Å². The van der Waals surface area contributed by atoms with Crippen LogP contribution in [-0.4, -0.2) is 119 Å². The van der Waals surface area contributed by atoms with E-state index in [2.05, 4.69) is 72.6 Å². The van der Waals surface area contributed by atoms with E-state index in [1.165, 1.54) is 4.80 Å². The largest absolute Gasteiger partial charge is 2.00 e. The minimum absolute atomic E-state index is 0.